The molecule has 0 spiro atoms. The van der Waals surface area contributed by atoms with Crippen molar-refractivity contribution in [3.05, 3.63) is 12.4 Å². The van der Waals surface area contributed by atoms with Crippen LogP contribution in [0.15, 0.2) is 12.4 Å². The summed E-state index contributed by atoms with van der Waals surface area (Å²) in [6.07, 6.45) is 3.41. The van der Waals surface area contributed by atoms with E-state index < -0.39 is 13.9 Å². The summed E-state index contributed by atoms with van der Waals surface area (Å²) in [5.74, 6) is 0.412. The molecule has 0 unspecified atom stereocenters. The predicted octanol–water partition coefficient (Wildman–Crippen LogP) is 3.61. The van der Waals surface area contributed by atoms with Gasteiger partial charge in [0.2, 0.25) is 0 Å². The van der Waals surface area contributed by atoms with E-state index in [-0.39, 0.29) is 17.6 Å². The number of aromatic nitrogens is 2. The molecule has 0 radical (unpaired) electrons. The van der Waals surface area contributed by atoms with Crippen LogP contribution >= 0.6 is 0 Å². The van der Waals surface area contributed by atoms with Crippen LogP contribution < -0.4 is 4.43 Å². The van der Waals surface area contributed by atoms with Crippen LogP contribution in [0.1, 0.15) is 41.5 Å². The van der Waals surface area contributed by atoms with Gasteiger partial charge in [-0.1, -0.05) is 20.8 Å². The van der Waals surface area contributed by atoms with Gasteiger partial charge < -0.3 is 9.16 Å². The molecule has 6 heteroatoms. The van der Waals surface area contributed by atoms with E-state index in [1.165, 1.54) is 0 Å². The standard InChI is InChI=1S/C15H28N2O3Si/c1-14(2,3)19-13(18)11-17-10-12(9-16-17)20-21(7,8)15(4,5)6/h9-10H,11H2,1-8H3. The summed E-state index contributed by atoms with van der Waals surface area (Å²) < 4.78 is 13.0. The van der Waals surface area contributed by atoms with Gasteiger partial charge in [-0.2, -0.15) is 5.10 Å². The monoisotopic (exact) mass is 312 g/mol. The number of carbonyl (C=O) groups is 1. The Kier molecular flexibility index (Phi) is 4.93. The summed E-state index contributed by atoms with van der Waals surface area (Å²) in [6, 6.07) is 0. The fraction of sp³-hybridized carbons (Fsp3) is 0.733. The highest BCUT2D eigenvalue weighted by Crippen LogP contribution is 2.37. The van der Waals surface area contributed by atoms with Crippen LogP contribution in [0, 0.1) is 0 Å². The first-order valence-electron chi connectivity index (χ1n) is 7.23. The van der Waals surface area contributed by atoms with Crippen LogP contribution in [0.4, 0.5) is 0 Å². The molecule has 1 aromatic rings. The molecule has 0 aliphatic rings. The summed E-state index contributed by atoms with van der Waals surface area (Å²) in [6.45, 7) is 16.5. The number of hydrogen-bond acceptors (Lipinski definition) is 4. The van der Waals surface area contributed by atoms with Gasteiger partial charge in [-0.15, -0.1) is 0 Å². The fourth-order valence-electron chi connectivity index (χ4n) is 1.44. The Hall–Kier alpha value is -1.30. The highest BCUT2D eigenvalue weighted by atomic mass is 28.4. The van der Waals surface area contributed by atoms with E-state index in [0.29, 0.717) is 5.75 Å². The Morgan fingerprint density at radius 3 is 2.29 bits per heavy atom. The van der Waals surface area contributed by atoms with Gasteiger partial charge >= 0.3 is 5.97 Å². The molecule has 1 aromatic heterocycles. The lowest BCUT2D eigenvalue weighted by atomic mass is 10.2. The van der Waals surface area contributed by atoms with E-state index in [1.54, 1.807) is 17.1 Å². The highest BCUT2D eigenvalue weighted by molar-refractivity contribution is 6.74. The Bertz CT molecular complexity index is 496. The second-order valence-corrected chi connectivity index (χ2v) is 12.5. The maximum Gasteiger partial charge on any atom is 0.328 e. The number of hydrogen-bond donors (Lipinski definition) is 0. The van der Waals surface area contributed by atoms with E-state index in [0.717, 1.165) is 0 Å². The van der Waals surface area contributed by atoms with Gasteiger partial charge in [0.05, 0.1) is 12.4 Å². The molecule has 0 aliphatic carbocycles. The van der Waals surface area contributed by atoms with Crippen molar-refractivity contribution in [1.82, 2.24) is 9.78 Å². The molecule has 1 heterocycles. The maximum atomic E-state index is 11.8. The minimum absolute atomic E-state index is 0.0954. The molecule has 0 N–H and O–H groups in total. The van der Waals surface area contributed by atoms with E-state index in [2.05, 4.69) is 39.0 Å². The van der Waals surface area contributed by atoms with Gasteiger partial charge in [0, 0.05) is 0 Å². The predicted molar refractivity (Wildman–Crippen MR) is 85.9 cm³/mol. The van der Waals surface area contributed by atoms with Crippen LogP contribution in [-0.4, -0.2) is 29.7 Å². The zero-order valence-electron chi connectivity index (χ0n) is 14.5. The molecule has 0 saturated carbocycles. The lowest BCUT2D eigenvalue weighted by molar-refractivity contribution is -0.155. The molecule has 0 amide bonds. The van der Waals surface area contributed by atoms with Gasteiger partial charge in [-0.3, -0.25) is 9.48 Å². The Labute approximate surface area is 128 Å². The molecule has 0 aliphatic heterocycles. The smallest absolute Gasteiger partial charge is 0.328 e. The topological polar surface area (TPSA) is 53.4 Å². The van der Waals surface area contributed by atoms with E-state index in [1.807, 2.05) is 20.8 Å². The van der Waals surface area contributed by atoms with Crippen molar-refractivity contribution >= 4 is 14.3 Å². The highest BCUT2D eigenvalue weighted by Gasteiger charge is 2.39. The van der Waals surface area contributed by atoms with Crippen LogP contribution in [0.5, 0.6) is 5.75 Å². The molecular formula is C15H28N2O3Si. The van der Waals surface area contributed by atoms with Crippen LogP contribution in [0.25, 0.3) is 0 Å². The van der Waals surface area contributed by atoms with Crippen LogP contribution in [-0.2, 0) is 16.1 Å². The summed E-state index contributed by atoms with van der Waals surface area (Å²) in [5, 5.41) is 4.29. The first kappa shape index (κ1) is 17.7. The summed E-state index contributed by atoms with van der Waals surface area (Å²) >= 11 is 0. The van der Waals surface area contributed by atoms with Crippen molar-refractivity contribution in [3.63, 3.8) is 0 Å². The molecule has 21 heavy (non-hydrogen) atoms. The lowest BCUT2D eigenvalue weighted by Crippen LogP contribution is -2.43. The molecule has 5 nitrogen and oxygen atoms in total. The second-order valence-electron chi connectivity index (χ2n) is 7.82. The molecule has 0 atom stereocenters. The normalized spacial score (nSPS) is 13.1. The van der Waals surface area contributed by atoms with Crippen molar-refractivity contribution in [2.75, 3.05) is 0 Å². The van der Waals surface area contributed by atoms with Crippen molar-refractivity contribution < 1.29 is 14.0 Å². The first-order valence-corrected chi connectivity index (χ1v) is 10.1. The zero-order chi connectivity index (χ0) is 16.5. The minimum Gasteiger partial charge on any atom is -0.541 e. The Balaban J connectivity index is 2.68. The number of ether oxygens (including phenoxy) is 1. The number of esters is 1. The first-order chi connectivity index (χ1) is 9.30. The second kappa shape index (κ2) is 5.83. The van der Waals surface area contributed by atoms with Gasteiger partial charge in [-0.05, 0) is 38.9 Å². The molecule has 0 aromatic carbocycles. The van der Waals surface area contributed by atoms with Gasteiger partial charge in [-0.25, -0.2) is 0 Å². The van der Waals surface area contributed by atoms with E-state index in [9.17, 15) is 4.79 Å². The number of rotatable bonds is 4. The third-order valence-corrected chi connectivity index (χ3v) is 7.86. The fourth-order valence-corrected chi connectivity index (χ4v) is 2.44. The molecule has 0 bridgehead atoms. The van der Waals surface area contributed by atoms with Crippen molar-refractivity contribution in [2.45, 2.75) is 71.8 Å². The summed E-state index contributed by atoms with van der Waals surface area (Å²) in [7, 11) is -1.88. The molecule has 0 fully saturated rings. The molecule has 1 rings (SSSR count). The maximum absolute atomic E-state index is 11.8. The van der Waals surface area contributed by atoms with E-state index >= 15 is 0 Å². The molecular weight excluding hydrogens is 284 g/mol. The average Bonchev–Trinajstić information content (AvgIpc) is 2.59. The molecule has 120 valence electrons. The number of carbonyl (C=O) groups excluding carboxylic acids is 1. The summed E-state index contributed by atoms with van der Waals surface area (Å²) in [5.41, 5.74) is -0.481. The van der Waals surface area contributed by atoms with Gasteiger partial charge in [0.1, 0.15) is 17.9 Å². The zero-order valence-corrected chi connectivity index (χ0v) is 15.5. The third kappa shape index (κ3) is 5.53. The van der Waals surface area contributed by atoms with Crippen molar-refractivity contribution in [3.8, 4) is 5.75 Å². The van der Waals surface area contributed by atoms with E-state index in [4.69, 9.17) is 9.16 Å². The summed E-state index contributed by atoms with van der Waals surface area (Å²) in [4.78, 5) is 11.8. The number of nitrogens with zero attached hydrogens (tertiary/aromatic N) is 2. The quantitative estimate of drug-likeness (QED) is 0.629. The van der Waals surface area contributed by atoms with Crippen molar-refractivity contribution in [2.24, 2.45) is 0 Å². The molecule has 0 saturated heterocycles. The van der Waals surface area contributed by atoms with Crippen LogP contribution in [0.2, 0.25) is 18.1 Å². The third-order valence-electron chi connectivity index (χ3n) is 3.50. The van der Waals surface area contributed by atoms with Gasteiger partial charge in [0.15, 0.2) is 0 Å². The minimum atomic E-state index is -1.88. The Morgan fingerprint density at radius 1 is 1.24 bits per heavy atom. The van der Waals surface area contributed by atoms with Crippen molar-refractivity contribution in [1.29, 1.82) is 0 Å². The lowest BCUT2D eigenvalue weighted by Gasteiger charge is -2.35. The Morgan fingerprint density at radius 2 is 1.81 bits per heavy atom. The largest absolute Gasteiger partial charge is 0.541 e. The average molecular weight is 312 g/mol. The van der Waals surface area contributed by atoms with Gasteiger partial charge in [0.25, 0.3) is 8.32 Å². The SMILES string of the molecule is CC(C)(C)OC(=O)Cn1cc(O[Si](C)(C)C(C)(C)C)cn1. The van der Waals surface area contributed by atoms with Crippen LogP contribution in [0.3, 0.4) is 0 Å².